The summed E-state index contributed by atoms with van der Waals surface area (Å²) in [7, 11) is -5.23. The number of phosphoric acid groups is 1. The van der Waals surface area contributed by atoms with E-state index in [1.807, 2.05) is 0 Å². The molecule has 0 aromatic heterocycles. The minimum absolute atomic E-state index is 0. The van der Waals surface area contributed by atoms with Gasteiger partial charge in [0.2, 0.25) is 0 Å². The zero-order valence-electron chi connectivity index (χ0n) is 16.6. The Kier molecular flexibility index (Phi) is 17.4. The molecule has 0 aliphatic heterocycles. The molecule has 0 saturated heterocycles. The second-order valence-electron chi connectivity index (χ2n) is 5.28. The van der Waals surface area contributed by atoms with Gasteiger partial charge in [-0.05, 0) is 0 Å². The molecular weight excluding hydrogens is 593 g/mol. The van der Waals surface area contributed by atoms with Crippen molar-refractivity contribution in [1.82, 2.24) is 5.32 Å². The SMILES string of the molecule is O=C(NCCOP(=O)([O-])[O-])c1cc([N+](=O)[O-])cc([N+](=O)[O-])c1N(CCBr)CCBr.[Na+].[Na+]. The van der Waals surface area contributed by atoms with Crippen molar-refractivity contribution in [3.63, 3.8) is 0 Å². The number of benzene rings is 1. The van der Waals surface area contributed by atoms with Gasteiger partial charge in [0.05, 0.1) is 35.9 Å². The van der Waals surface area contributed by atoms with Crippen molar-refractivity contribution in [2.75, 3.05) is 41.8 Å². The summed E-state index contributed by atoms with van der Waals surface area (Å²) in [5.41, 5.74) is -1.77. The summed E-state index contributed by atoms with van der Waals surface area (Å²) in [6, 6.07) is 1.65. The van der Waals surface area contributed by atoms with Crippen LogP contribution < -0.4 is 79.1 Å². The fraction of sp³-hybridized carbons (Fsp3) is 0.462. The van der Waals surface area contributed by atoms with Crippen LogP contribution in [-0.2, 0) is 9.09 Å². The van der Waals surface area contributed by atoms with E-state index in [1.165, 1.54) is 4.90 Å². The van der Waals surface area contributed by atoms with Gasteiger partial charge in [0.15, 0.2) is 0 Å². The summed E-state index contributed by atoms with van der Waals surface area (Å²) in [6.07, 6.45) is 0. The monoisotopic (exact) mass is 606 g/mol. The van der Waals surface area contributed by atoms with Crippen LogP contribution in [0.2, 0.25) is 0 Å². The topological polar surface area (TPSA) is 191 Å². The van der Waals surface area contributed by atoms with E-state index >= 15 is 0 Å². The zero-order valence-corrected chi connectivity index (χ0v) is 24.7. The third-order valence-corrected chi connectivity index (χ3v) is 4.60. The van der Waals surface area contributed by atoms with Crippen molar-refractivity contribution in [3.8, 4) is 0 Å². The molecule has 0 atom stereocenters. The molecule has 13 nitrogen and oxygen atoms in total. The number of carbonyl (C=O) groups is 1. The third-order valence-electron chi connectivity index (χ3n) is 3.39. The molecule has 1 aromatic carbocycles. The molecule has 1 amide bonds. The van der Waals surface area contributed by atoms with Crippen molar-refractivity contribution < 1.29 is 92.6 Å². The molecule has 0 radical (unpaired) electrons. The van der Waals surface area contributed by atoms with Crippen LogP contribution in [0.25, 0.3) is 0 Å². The molecule has 0 aliphatic carbocycles. The number of nitrogens with zero attached hydrogens (tertiary/aromatic N) is 3. The first-order chi connectivity index (χ1) is 13.5. The summed E-state index contributed by atoms with van der Waals surface area (Å²) in [6.45, 7) is -0.568. The smallest absolute Gasteiger partial charge is 0.790 e. The number of nitrogens with one attached hydrogen (secondary N) is 1. The molecule has 0 spiro atoms. The summed E-state index contributed by atoms with van der Waals surface area (Å²) in [5.74, 6) is -0.934. The van der Waals surface area contributed by atoms with Gasteiger partial charge in [-0.2, -0.15) is 0 Å². The number of alkyl halides is 2. The standard InChI is InChI=1S/C13H17Br2N4O9P.2Na/c14-1-4-17(5-2-15)12-10(13(20)16-3-6-28-29(25,26)27)7-9(18(21)22)8-11(12)19(23)24;;/h7-8H,1-6H2,(H,16,20)(H2,25,26,27);;/q;2*+1/p-2. The fourth-order valence-electron chi connectivity index (χ4n) is 2.31. The van der Waals surface area contributed by atoms with E-state index in [-0.39, 0.29) is 83.5 Å². The molecule has 1 rings (SSSR count). The van der Waals surface area contributed by atoms with Crippen LogP contribution in [0.4, 0.5) is 17.1 Å². The predicted octanol–water partition coefficient (Wildman–Crippen LogP) is -5.32. The number of phosphoric ester groups is 1. The van der Waals surface area contributed by atoms with Crippen molar-refractivity contribution >= 4 is 62.7 Å². The summed E-state index contributed by atoms with van der Waals surface area (Å²) >= 11 is 6.42. The normalized spacial score (nSPS) is 10.5. The molecular formula is C13H15Br2N4Na2O9P. The van der Waals surface area contributed by atoms with Crippen LogP contribution in [0.3, 0.4) is 0 Å². The van der Waals surface area contributed by atoms with Gasteiger partial charge in [-0.1, -0.05) is 31.9 Å². The molecule has 162 valence electrons. The molecule has 0 fully saturated rings. The van der Waals surface area contributed by atoms with Gasteiger partial charge < -0.3 is 29.1 Å². The maximum Gasteiger partial charge on any atom is 1.00 e. The van der Waals surface area contributed by atoms with Crippen LogP contribution in [-0.4, -0.2) is 52.7 Å². The first-order valence-corrected chi connectivity index (χ1v) is 11.5. The molecule has 0 heterocycles. The Bertz CT molecular complexity index is 824. The number of amides is 1. The number of hydrogen-bond donors (Lipinski definition) is 1. The third kappa shape index (κ3) is 11.4. The minimum Gasteiger partial charge on any atom is -0.790 e. The van der Waals surface area contributed by atoms with Crippen LogP contribution in [0.1, 0.15) is 10.4 Å². The molecule has 18 heteroatoms. The molecule has 0 aliphatic rings. The maximum atomic E-state index is 12.6. The van der Waals surface area contributed by atoms with Crippen molar-refractivity contribution in [2.45, 2.75) is 0 Å². The quantitative estimate of drug-likeness (QED) is 0.0599. The fourth-order valence-corrected chi connectivity index (χ4v) is 3.48. The number of rotatable bonds is 12. The van der Waals surface area contributed by atoms with Crippen molar-refractivity contribution in [3.05, 3.63) is 37.9 Å². The van der Waals surface area contributed by atoms with Crippen LogP contribution in [0.15, 0.2) is 12.1 Å². The average molecular weight is 608 g/mol. The zero-order chi connectivity index (χ0) is 22.2. The second-order valence-corrected chi connectivity index (χ2v) is 8.02. The van der Waals surface area contributed by atoms with E-state index < -0.39 is 48.1 Å². The van der Waals surface area contributed by atoms with Crippen LogP contribution in [0.5, 0.6) is 0 Å². The van der Waals surface area contributed by atoms with Crippen molar-refractivity contribution in [1.29, 1.82) is 0 Å². The van der Waals surface area contributed by atoms with Gasteiger partial charge in [0.1, 0.15) is 5.69 Å². The number of nitro benzene ring substituents is 2. The number of anilines is 1. The van der Waals surface area contributed by atoms with Gasteiger partial charge >= 0.3 is 59.1 Å². The molecule has 31 heavy (non-hydrogen) atoms. The Morgan fingerprint density at radius 3 is 2.06 bits per heavy atom. The molecule has 0 unspecified atom stereocenters. The summed E-state index contributed by atoms with van der Waals surface area (Å²) in [4.78, 5) is 55.9. The Morgan fingerprint density at radius 2 is 1.65 bits per heavy atom. The van der Waals surface area contributed by atoms with E-state index in [0.29, 0.717) is 10.7 Å². The van der Waals surface area contributed by atoms with Crippen LogP contribution in [0, 0.1) is 20.2 Å². The number of hydrogen-bond acceptors (Lipinski definition) is 10. The van der Waals surface area contributed by atoms with Crippen molar-refractivity contribution in [2.24, 2.45) is 0 Å². The predicted molar refractivity (Wildman–Crippen MR) is 105 cm³/mol. The Labute approximate surface area is 238 Å². The van der Waals surface area contributed by atoms with Gasteiger partial charge in [0, 0.05) is 36.4 Å². The van der Waals surface area contributed by atoms with Gasteiger partial charge in [-0.15, -0.1) is 0 Å². The Balaban J connectivity index is 0. The van der Waals surface area contributed by atoms with Gasteiger partial charge in [-0.3, -0.25) is 25.0 Å². The van der Waals surface area contributed by atoms with E-state index in [9.17, 15) is 39.4 Å². The number of nitro groups is 2. The Hall–Kier alpha value is 0.360. The van der Waals surface area contributed by atoms with E-state index in [1.54, 1.807) is 0 Å². The minimum atomic E-state index is -5.23. The van der Waals surface area contributed by atoms with E-state index in [2.05, 4.69) is 41.7 Å². The van der Waals surface area contributed by atoms with Gasteiger partial charge in [-0.25, -0.2) is 0 Å². The second kappa shape index (κ2) is 16.1. The summed E-state index contributed by atoms with van der Waals surface area (Å²) < 4.78 is 14.4. The first kappa shape index (κ1) is 33.5. The number of carbonyl (C=O) groups excluding carboxylic acids is 1. The maximum absolute atomic E-state index is 12.6. The average Bonchev–Trinajstić information content (AvgIpc) is 2.62. The van der Waals surface area contributed by atoms with Gasteiger partial charge in [0.25, 0.3) is 17.3 Å². The van der Waals surface area contributed by atoms with Crippen LogP contribution >= 0.6 is 39.7 Å². The first-order valence-electron chi connectivity index (χ1n) is 7.80. The summed E-state index contributed by atoms with van der Waals surface area (Å²) in [5, 5.41) is 25.7. The molecule has 1 N–H and O–H groups in total. The Morgan fingerprint density at radius 1 is 1.10 bits per heavy atom. The number of halogens is 2. The largest absolute Gasteiger partial charge is 1.00 e. The molecule has 1 aromatic rings. The molecule has 0 saturated carbocycles. The van der Waals surface area contributed by atoms with E-state index in [0.717, 1.165) is 12.1 Å². The molecule has 0 bridgehead atoms. The van der Waals surface area contributed by atoms with E-state index in [4.69, 9.17) is 0 Å². The number of non-ortho nitro benzene ring substituents is 1.